The van der Waals surface area contributed by atoms with Crippen LogP contribution in [0.2, 0.25) is 0 Å². The van der Waals surface area contributed by atoms with Gasteiger partial charge in [0.2, 0.25) is 0 Å². The summed E-state index contributed by atoms with van der Waals surface area (Å²) in [6, 6.07) is 4.55. The van der Waals surface area contributed by atoms with E-state index in [1.165, 1.54) is 35.9 Å². The summed E-state index contributed by atoms with van der Waals surface area (Å²) in [5, 5.41) is 3.38. The Morgan fingerprint density at radius 2 is 1.88 bits per heavy atom. The maximum atomic E-state index is 3.38. The van der Waals surface area contributed by atoms with Crippen LogP contribution in [0.3, 0.4) is 0 Å². The summed E-state index contributed by atoms with van der Waals surface area (Å²) in [5.41, 5.74) is 0. The first-order chi connectivity index (χ1) is 8.28. The summed E-state index contributed by atoms with van der Waals surface area (Å²) in [6.07, 6.45) is 0. The van der Waals surface area contributed by atoms with Crippen molar-refractivity contribution in [1.82, 2.24) is 15.1 Å². The van der Waals surface area contributed by atoms with E-state index in [4.69, 9.17) is 0 Å². The number of hydrogen-bond donors (Lipinski definition) is 1. The molecule has 0 aromatic carbocycles. The quantitative estimate of drug-likeness (QED) is 0.860. The summed E-state index contributed by atoms with van der Waals surface area (Å²) >= 11 is 1.95. The van der Waals surface area contributed by atoms with E-state index in [0.717, 1.165) is 19.6 Å². The Hall–Kier alpha value is -0.420. The van der Waals surface area contributed by atoms with Crippen LogP contribution in [-0.4, -0.2) is 49.6 Å². The van der Waals surface area contributed by atoms with E-state index in [2.05, 4.69) is 41.2 Å². The average Bonchev–Trinajstić information content (AvgIpc) is 2.77. The number of hydrogen-bond acceptors (Lipinski definition) is 4. The van der Waals surface area contributed by atoms with Gasteiger partial charge in [0.05, 0.1) is 0 Å². The van der Waals surface area contributed by atoms with Gasteiger partial charge in [-0.1, -0.05) is 6.92 Å². The van der Waals surface area contributed by atoms with E-state index < -0.39 is 0 Å². The highest BCUT2D eigenvalue weighted by atomic mass is 32.1. The fourth-order valence-electron chi connectivity index (χ4n) is 2.08. The minimum Gasteiger partial charge on any atom is -0.312 e. The van der Waals surface area contributed by atoms with Gasteiger partial charge in [0.25, 0.3) is 0 Å². The molecule has 17 heavy (non-hydrogen) atoms. The molecule has 0 spiro atoms. The molecule has 0 unspecified atom stereocenters. The lowest BCUT2D eigenvalue weighted by atomic mass is 10.3. The monoisotopic (exact) mass is 253 g/mol. The molecule has 1 aliphatic rings. The lowest BCUT2D eigenvalue weighted by molar-refractivity contribution is 0.149. The third-order valence-corrected chi connectivity index (χ3v) is 4.31. The second-order valence-corrected chi connectivity index (χ2v) is 5.98. The molecule has 0 bridgehead atoms. The number of rotatable bonds is 5. The van der Waals surface area contributed by atoms with Crippen LogP contribution in [0.1, 0.15) is 16.7 Å². The van der Waals surface area contributed by atoms with Crippen LogP contribution in [0.25, 0.3) is 0 Å². The van der Waals surface area contributed by atoms with E-state index >= 15 is 0 Å². The highest BCUT2D eigenvalue weighted by Crippen LogP contribution is 2.18. The number of likely N-dealkylation sites (N-methyl/N-ethyl adjacent to an activating group) is 1. The van der Waals surface area contributed by atoms with Crippen molar-refractivity contribution in [2.45, 2.75) is 20.0 Å². The van der Waals surface area contributed by atoms with Gasteiger partial charge in [0.15, 0.2) is 0 Å². The van der Waals surface area contributed by atoms with Gasteiger partial charge < -0.3 is 10.2 Å². The van der Waals surface area contributed by atoms with Gasteiger partial charge in [0, 0.05) is 49.0 Å². The average molecular weight is 253 g/mol. The maximum Gasteiger partial charge on any atom is 0.0329 e. The lowest BCUT2D eigenvalue weighted by Crippen LogP contribution is -2.43. The molecule has 0 atom stereocenters. The molecular formula is C13H23N3S. The molecule has 2 heterocycles. The Kier molecular flexibility index (Phi) is 4.98. The predicted molar refractivity (Wildman–Crippen MR) is 74.5 cm³/mol. The van der Waals surface area contributed by atoms with Crippen LogP contribution in [0.4, 0.5) is 0 Å². The van der Waals surface area contributed by atoms with Gasteiger partial charge in [-0.05, 0) is 25.7 Å². The fourth-order valence-corrected chi connectivity index (χ4v) is 3.11. The van der Waals surface area contributed by atoms with E-state index in [1.54, 1.807) is 0 Å². The largest absolute Gasteiger partial charge is 0.312 e. The van der Waals surface area contributed by atoms with E-state index in [1.807, 2.05) is 11.3 Å². The van der Waals surface area contributed by atoms with Crippen molar-refractivity contribution in [2.75, 3.05) is 39.8 Å². The van der Waals surface area contributed by atoms with Crippen LogP contribution in [0, 0.1) is 0 Å². The lowest BCUT2D eigenvalue weighted by Gasteiger charge is -2.31. The standard InChI is InChI=1S/C13H23N3S/c1-3-14-10-12-4-5-13(17-12)11-16-8-6-15(2)7-9-16/h4-5,14H,3,6-11H2,1-2H3. The van der Waals surface area contributed by atoms with Gasteiger partial charge in [-0.15, -0.1) is 11.3 Å². The fraction of sp³-hybridized carbons (Fsp3) is 0.692. The van der Waals surface area contributed by atoms with Gasteiger partial charge in [0.1, 0.15) is 0 Å². The topological polar surface area (TPSA) is 18.5 Å². The number of piperazine rings is 1. The molecule has 1 N–H and O–H groups in total. The molecule has 0 aliphatic carbocycles. The van der Waals surface area contributed by atoms with Crippen molar-refractivity contribution in [3.8, 4) is 0 Å². The Labute approximate surface area is 108 Å². The summed E-state index contributed by atoms with van der Waals surface area (Å²) < 4.78 is 0. The zero-order valence-corrected chi connectivity index (χ0v) is 11.7. The Morgan fingerprint density at radius 1 is 1.18 bits per heavy atom. The molecule has 1 aliphatic heterocycles. The second kappa shape index (κ2) is 6.50. The maximum absolute atomic E-state index is 3.38. The van der Waals surface area contributed by atoms with E-state index in [9.17, 15) is 0 Å². The summed E-state index contributed by atoms with van der Waals surface area (Å²) in [6.45, 7) is 10.2. The molecule has 3 nitrogen and oxygen atoms in total. The zero-order valence-electron chi connectivity index (χ0n) is 10.9. The first-order valence-electron chi connectivity index (χ1n) is 6.47. The molecule has 1 fully saturated rings. The molecule has 1 saturated heterocycles. The van der Waals surface area contributed by atoms with Gasteiger partial charge in [-0.3, -0.25) is 4.90 Å². The summed E-state index contributed by atoms with van der Waals surface area (Å²) in [4.78, 5) is 7.92. The smallest absolute Gasteiger partial charge is 0.0329 e. The van der Waals surface area contributed by atoms with Crippen LogP contribution < -0.4 is 5.32 Å². The van der Waals surface area contributed by atoms with Crippen molar-refractivity contribution in [2.24, 2.45) is 0 Å². The molecule has 1 aromatic heterocycles. The van der Waals surface area contributed by atoms with Crippen LogP contribution in [-0.2, 0) is 13.1 Å². The second-order valence-electron chi connectivity index (χ2n) is 4.73. The molecule has 1 aromatic rings. The Morgan fingerprint density at radius 3 is 2.59 bits per heavy atom. The molecule has 4 heteroatoms. The van der Waals surface area contributed by atoms with Crippen LogP contribution in [0.15, 0.2) is 12.1 Å². The molecule has 0 radical (unpaired) electrons. The van der Waals surface area contributed by atoms with Crippen molar-refractivity contribution < 1.29 is 0 Å². The molecule has 96 valence electrons. The Bertz CT molecular complexity index is 329. The van der Waals surface area contributed by atoms with Gasteiger partial charge in [-0.2, -0.15) is 0 Å². The minimum absolute atomic E-state index is 1.02. The molecule has 0 amide bonds. The molecule has 2 rings (SSSR count). The first kappa shape index (κ1) is 13.0. The normalized spacial score (nSPS) is 18.7. The Balaban J connectivity index is 1.80. The molecular weight excluding hydrogens is 230 g/mol. The van der Waals surface area contributed by atoms with Crippen molar-refractivity contribution in [1.29, 1.82) is 0 Å². The summed E-state index contributed by atoms with van der Waals surface area (Å²) in [5.74, 6) is 0. The van der Waals surface area contributed by atoms with Gasteiger partial charge >= 0.3 is 0 Å². The molecule has 0 saturated carbocycles. The van der Waals surface area contributed by atoms with Gasteiger partial charge in [-0.25, -0.2) is 0 Å². The van der Waals surface area contributed by atoms with Crippen LogP contribution in [0.5, 0.6) is 0 Å². The number of nitrogens with one attached hydrogen (secondary N) is 1. The summed E-state index contributed by atoms with van der Waals surface area (Å²) in [7, 11) is 2.21. The third-order valence-electron chi connectivity index (χ3n) is 3.24. The first-order valence-corrected chi connectivity index (χ1v) is 7.29. The zero-order chi connectivity index (χ0) is 12.1. The SMILES string of the molecule is CCNCc1ccc(CN2CCN(C)CC2)s1. The van der Waals surface area contributed by atoms with Crippen LogP contribution >= 0.6 is 11.3 Å². The van der Waals surface area contributed by atoms with Crippen molar-refractivity contribution >= 4 is 11.3 Å². The van der Waals surface area contributed by atoms with E-state index in [0.29, 0.717) is 0 Å². The van der Waals surface area contributed by atoms with Crippen molar-refractivity contribution in [3.05, 3.63) is 21.9 Å². The third kappa shape index (κ3) is 4.07. The van der Waals surface area contributed by atoms with Crippen molar-refractivity contribution in [3.63, 3.8) is 0 Å². The number of nitrogens with zero attached hydrogens (tertiary/aromatic N) is 2. The highest BCUT2D eigenvalue weighted by Gasteiger charge is 2.14. The predicted octanol–water partition coefficient (Wildman–Crippen LogP) is 1.60. The van der Waals surface area contributed by atoms with E-state index in [-0.39, 0.29) is 0 Å². The number of thiophene rings is 1. The highest BCUT2D eigenvalue weighted by molar-refractivity contribution is 7.11. The minimum atomic E-state index is 1.02.